The molecule has 6 nitrogen and oxygen atoms in total. The van der Waals surface area contributed by atoms with E-state index < -0.39 is 0 Å². The van der Waals surface area contributed by atoms with Crippen molar-refractivity contribution in [3.8, 4) is 0 Å². The number of anilines is 1. The van der Waals surface area contributed by atoms with Crippen molar-refractivity contribution in [3.63, 3.8) is 0 Å². The lowest BCUT2D eigenvalue weighted by molar-refractivity contribution is -0.124. The lowest BCUT2D eigenvalue weighted by atomic mass is 9.96. The number of aryl methyl sites for hydroxylation is 1. The van der Waals surface area contributed by atoms with E-state index in [-0.39, 0.29) is 42.1 Å². The summed E-state index contributed by atoms with van der Waals surface area (Å²) in [5.74, 6) is -0.0351. The Bertz CT molecular complexity index is 712. The van der Waals surface area contributed by atoms with Gasteiger partial charge in [0, 0.05) is 18.8 Å². The maximum absolute atomic E-state index is 13.7. The van der Waals surface area contributed by atoms with Crippen LogP contribution in [0.15, 0.2) is 18.2 Å². The number of hydrogen-bond acceptors (Lipinski definition) is 4. The summed E-state index contributed by atoms with van der Waals surface area (Å²) in [5.41, 5.74) is 1.03. The van der Waals surface area contributed by atoms with Gasteiger partial charge in [0.2, 0.25) is 11.8 Å². The molecule has 8 heteroatoms. The van der Waals surface area contributed by atoms with Crippen LogP contribution in [0.1, 0.15) is 38.2 Å². The van der Waals surface area contributed by atoms with Crippen LogP contribution < -0.4 is 16.0 Å². The van der Waals surface area contributed by atoms with Crippen molar-refractivity contribution in [1.29, 1.82) is 0 Å². The molecule has 2 saturated heterocycles. The topological polar surface area (TPSA) is 73.5 Å². The van der Waals surface area contributed by atoms with Gasteiger partial charge < -0.3 is 16.0 Å². The van der Waals surface area contributed by atoms with Gasteiger partial charge in [-0.3, -0.25) is 14.5 Å². The number of nitrogens with one attached hydrogen (secondary N) is 3. The van der Waals surface area contributed by atoms with E-state index in [1.807, 2.05) is 6.92 Å². The van der Waals surface area contributed by atoms with Gasteiger partial charge in [-0.15, -0.1) is 12.4 Å². The molecular formula is C21H32ClFN4O2. The molecule has 0 radical (unpaired) electrons. The normalized spacial score (nSPS) is 23.1. The molecule has 2 heterocycles. The van der Waals surface area contributed by atoms with E-state index in [2.05, 4.69) is 20.9 Å². The number of likely N-dealkylation sites (tertiary alicyclic amines) is 1. The Kier molecular flexibility index (Phi) is 8.86. The van der Waals surface area contributed by atoms with Crippen molar-refractivity contribution in [2.24, 2.45) is 5.92 Å². The van der Waals surface area contributed by atoms with Crippen molar-refractivity contribution in [3.05, 3.63) is 29.6 Å². The lowest BCUT2D eigenvalue weighted by Gasteiger charge is -2.36. The van der Waals surface area contributed by atoms with Crippen molar-refractivity contribution >= 4 is 29.9 Å². The highest BCUT2D eigenvalue weighted by Gasteiger charge is 2.29. The van der Waals surface area contributed by atoms with Crippen molar-refractivity contribution in [2.75, 3.05) is 31.5 Å². The summed E-state index contributed by atoms with van der Waals surface area (Å²) >= 11 is 0. The number of amides is 2. The Morgan fingerprint density at radius 1 is 1.31 bits per heavy atom. The van der Waals surface area contributed by atoms with Gasteiger partial charge in [0.25, 0.3) is 0 Å². The third-order valence-corrected chi connectivity index (χ3v) is 5.86. The highest BCUT2D eigenvalue weighted by Crippen LogP contribution is 2.20. The largest absolute Gasteiger partial charge is 0.354 e. The quantitative estimate of drug-likeness (QED) is 0.653. The zero-order valence-corrected chi connectivity index (χ0v) is 18.0. The van der Waals surface area contributed by atoms with Crippen LogP contribution in [0.25, 0.3) is 0 Å². The van der Waals surface area contributed by atoms with Crippen LogP contribution in [0.3, 0.4) is 0 Å². The first-order chi connectivity index (χ1) is 13.4. The van der Waals surface area contributed by atoms with Crippen LogP contribution in [0, 0.1) is 18.7 Å². The van der Waals surface area contributed by atoms with Crippen LogP contribution >= 0.6 is 12.4 Å². The van der Waals surface area contributed by atoms with Gasteiger partial charge >= 0.3 is 0 Å². The minimum absolute atomic E-state index is 0. The first-order valence-corrected chi connectivity index (χ1v) is 10.3. The van der Waals surface area contributed by atoms with Gasteiger partial charge in [0.1, 0.15) is 5.82 Å². The zero-order valence-electron chi connectivity index (χ0n) is 17.2. The van der Waals surface area contributed by atoms with Gasteiger partial charge in [0.15, 0.2) is 0 Å². The molecule has 3 atom stereocenters. The van der Waals surface area contributed by atoms with Gasteiger partial charge in [-0.05, 0) is 76.2 Å². The van der Waals surface area contributed by atoms with Crippen molar-refractivity contribution in [1.82, 2.24) is 15.5 Å². The van der Waals surface area contributed by atoms with Crippen LogP contribution in [-0.2, 0) is 9.59 Å². The van der Waals surface area contributed by atoms with Crippen LogP contribution in [-0.4, -0.2) is 55.0 Å². The fraction of sp³-hybridized carbons (Fsp3) is 0.619. The molecule has 3 unspecified atom stereocenters. The van der Waals surface area contributed by atoms with E-state index in [0.717, 1.165) is 45.3 Å². The average Bonchev–Trinajstić information content (AvgIpc) is 3.23. The second-order valence-electron chi connectivity index (χ2n) is 8.03. The minimum Gasteiger partial charge on any atom is -0.354 e. The van der Waals surface area contributed by atoms with Crippen LogP contribution in [0.4, 0.5) is 10.1 Å². The molecule has 3 N–H and O–H groups in total. The third kappa shape index (κ3) is 6.39. The fourth-order valence-electron chi connectivity index (χ4n) is 3.98. The molecule has 162 valence electrons. The molecule has 0 spiro atoms. The van der Waals surface area contributed by atoms with Gasteiger partial charge in [-0.2, -0.15) is 0 Å². The van der Waals surface area contributed by atoms with Gasteiger partial charge in [0.05, 0.1) is 12.1 Å². The fourth-order valence-corrected chi connectivity index (χ4v) is 3.98. The highest BCUT2D eigenvalue weighted by atomic mass is 35.5. The second kappa shape index (κ2) is 10.9. The number of carbonyl (C=O) groups excluding carboxylic acids is 2. The second-order valence-corrected chi connectivity index (χ2v) is 8.03. The van der Waals surface area contributed by atoms with E-state index in [1.54, 1.807) is 19.1 Å². The maximum Gasteiger partial charge on any atom is 0.241 e. The molecular weight excluding hydrogens is 395 g/mol. The third-order valence-electron chi connectivity index (χ3n) is 5.86. The van der Waals surface area contributed by atoms with E-state index in [4.69, 9.17) is 0 Å². The minimum atomic E-state index is -0.323. The number of carbonyl (C=O) groups is 2. The standard InChI is InChI=1S/C21H31FN4O2.ClH/c1-14-7-8-17(11-18(14)22)25-20(27)15(2)26-10-4-5-16(13-26)12-24-21(28)19-6-3-9-23-19;/h7-8,11,15-16,19,23H,3-6,9-10,12-13H2,1-2H3,(H,24,28)(H,25,27);1H. The van der Waals surface area contributed by atoms with Crippen molar-refractivity contribution < 1.29 is 14.0 Å². The molecule has 1 aromatic rings. The molecule has 0 aliphatic carbocycles. The first kappa shape index (κ1) is 23.6. The summed E-state index contributed by atoms with van der Waals surface area (Å²) in [6.45, 7) is 6.75. The Labute approximate surface area is 178 Å². The Balaban J connectivity index is 0.00000300. The number of halogens is 2. The number of rotatable bonds is 6. The zero-order chi connectivity index (χ0) is 20.1. The number of nitrogens with zero attached hydrogens (tertiary/aromatic N) is 1. The molecule has 0 aromatic heterocycles. The Morgan fingerprint density at radius 2 is 2.10 bits per heavy atom. The van der Waals surface area contributed by atoms with E-state index in [0.29, 0.717) is 23.7 Å². The highest BCUT2D eigenvalue weighted by molar-refractivity contribution is 5.94. The number of hydrogen-bond donors (Lipinski definition) is 3. The number of piperidine rings is 1. The monoisotopic (exact) mass is 426 g/mol. The summed E-state index contributed by atoms with van der Waals surface area (Å²) in [6, 6.07) is 4.37. The van der Waals surface area contributed by atoms with E-state index >= 15 is 0 Å². The summed E-state index contributed by atoms with van der Waals surface area (Å²) in [6.07, 6.45) is 4.00. The average molecular weight is 427 g/mol. The lowest BCUT2D eigenvalue weighted by Crippen LogP contribution is -2.50. The summed E-state index contributed by atoms with van der Waals surface area (Å²) < 4.78 is 13.7. The van der Waals surface area contributed by atoms with Crippen LogP contribution in [0.5, 0.6) is 0 Å². The molecule has 1 aromatic carbocycles. The van der Waals surface area contributed by atoms with Crippen molar-refractivity contribution in [2.45, 2.75) is 51.6 Å². The molecule has 2 aliphatic heterocycles. The molecule has 0 bridgehead atoms. The molecule has 2 amide bonds. The predicted octanol–water partition coefficient (Wildman–Crippen LogP) is 2.46. The molecule has 2 aliphatic rings. The number of benzene rings is 1. The predicted molar refractivity (Wildman–Crippen MR) is 115 cm³/mol. The smallest absolute Gasteiger partial charge is 0.241 e. The van der Waals surface area contributed by atoms with E-state index in [1.165, 1.54) is 6.07 Å². The Morgan fingerprint density at radius 3 is 2.79 bits per heavy atom. The SMILES string of the molecule is Cc1ccc(NC(=O)C(C)N2CCCC(CNC(=O)C3CCCN3)C2)cc1F.Cl. The summed E-state index contributed by atoms with van der Waals surface area (Å²) in [7, 11) is 0. The molecule has 29 heavy (non-hydrogen) atoms. The first-order valence-electron chi connectivity index (χ1n) is 10.3. The molecule has 3 rings (SSSR count). The Hall–Kier alpha value is -1.70. The van der Waals surface area contributed by atoms with Gasteiger partial charge in [-0.1, -0.05) is 6.07 Å². The summed E-state index contributed by atoms with van der Waals surface area (Å²) in [4.78, 5) is 26.9. The van der Waals surface area contributed by atoms with Crippen LogP contribution in [0.2, 0.25) is 0 Å². The van der Waals surface area contributed by atoms with E-state index in [9.17, 15) is 14.0 Å². The summed E-state index contributed by atoms with van der Waals surface area (Å²) in [5, 5.41) is 9.09. The van der Waals surface area contributed by atoms with Gasteiger partial charge in [-0.25, -0.2) is 4.39 Å². The molecule has 2 fully saturated rings. The maximum atomic E-state index is 13.7. The molecule has 0 saturated carbocycles.